The molecule has 1 aromatic rings. The Labute approximate surface area is 129 Å². The van der Waals surface area contributed by atoms with Gasteiger partial charge in [-0.25, -0.2) is 9.79 Å². The van der Waals surface area contributed by atoms with Gasteiger partial charge >= 0.3 is 12.1 Å². The third-order valence-corrected chi connectivity index (χ3v) is 2.91. The van der Waals surface area contributed by atoms with Crippen LogP contribution in [0.3, 0.4) is 0 Å². The number of rotatable bonds is 3. The highest BCUT2D eigenvalue weighted by molar-refractivity contribution is 6.38. The Balaban J connectivity index is 2.42. The first kappa shape index (κ1) is 16.7. The van der Waals surface area contributed by atoms with Gasteiger partial charge in [0.05, 0.1) is 18.0 Å². The maximum Gasteiger partial charge on any atom is 0.454 e. The van der Waals surface area contributed by atoms with Crippen LogP contribution in [-0.4, -0.2) is 30.2 Å². The molecule has 1 aliphatic heterocycles. The van der Waals surface area contributed by atoms with Crippen LogP contribution in [0, 0.1) is 0 Å². The molecule has 0 atom stereocenters. The summed E-state index contributed by atoms with van der Waals surface area (Å²) in [7, 11) is 0. The van der Waals surface area contributed by atoms with Crippen molar-refractivity contribution in [1.82, 2.24) is 0 Å². The smallest absolute Gasteiger partial charge is 0.454 e. The Kier molecular flexibility index (Phi) is 4.83. The lowest BCUT2D eigenvalue weighted by Gasteiger charge is -2.10. The Hall–Kier alpha value is -2.64. The van der Waals surface area contributed by atoms with Crippen LogP contribution in [0.2, 0.25) is 0 Å². The van der Waals surface area contributed by atoms with Gasteiger partial charge in [-0.2, -0.15) is 13.2 Å². The maximum atomic E-state index is 12.4. The minimum Gasteiger partial charge on any atom is -0.461 e. The van der Waals surface area contributed by atoms with Crippen molar-refractivity contribution in [3.63, 3.8) is 0 Å². The van der Waals surface area contributed by atoms with Crippen LogP contribution in [0.25, 0.3) is 0 Å². The van der Waals surface area contributed by atoms with Gasteiger partial charge < -0.3 is 10.1 Å². The summed E-state index contributed by atoms with van der Waals surface area (Å²) in [6.45, 7) is 1.71. The molecule has 5 nitrogen and oxygen atoms in total. The number of aliphatic imine (C=N–C) groups is 1. The molecule has 2 rings (SSSR count). The lowest BCUT2D eigenvalue weighted by molar-refractivity contribution is -0.165. The molecule has 0 amide bonds. The average molecular weight is 326 g/mol. The minimum atomic E-state index is -4.98. The number of nitrogens with one attached hydrogen (secondary N) is 1. The van der Waals surface area contributed by atoms with E-state index in [4.69, 9.17) is 4.74 Å². The third kappa shape index (κ3) is 4.18. The number of carbonyl (C=O) groups excluding carboxylic acids is 2. The van der Waals surface area contributed by atoms with Crippen LogP contribution < -0.4 is 5.32 Å². The van der Waals surface area contributed by atoms with Crippen molar-refractivity contribution < 1.29 is 27.5 Å². The molecule has 1 aromatic carbocycles. The van der Waals surface area contributed by atoms with E-state index < -0.39 is 17.9 Å². The number of hydrogen-bond acceptors (Lipinski definition) is 5. The Morgan fingerprint density at radius 1 is 1.35 bits per heavy atom. The normalized spacial score (nSPS) is 16.0. The molecule has 0 fully saturated rings. The van der Waals surface area contributed by atoms with Gasteiger partial charge in [0.25, 0.3) is 5.78 Å². The van der Waals surface area contributed by atoms with E-state index in [1.807, 2.05) is 0 Å². The molecule has 1 N–H and O–H groups in total. The molecule has 0 radical (unpaired) electrons. The lowest BCUT2D eigenvalue weighted by atomic mass is 10.1. The number of ketones is 1. The van der Waals surface area contributed by atoms with Gasteiger partial charge in [-0.1, -0.05) is 12.1 Å². The topological polar surface area (TPSA) is 67.8 Å². The second kappa shape index (κ2) is 6.64. The number of nitrogens with zero attached hydrogens (tertiary/aromatic N) is 1. The van der Waals surface area contributed by atoms with Gasteiger partial charge in [0.1, 0.15) is 5.71 Å². The van der Waals surface area contributed by atoms with E-state index in [0.29, 0.717) is 17.5 Å². The van der Waals surface area contributed by atoms with E-state index in [1.165, 1.54) is 0 Å². The average Bonchev–Trinajstić information content (AvgIpc) is 2.65. The largest absolute Gasteiger partial charge is 0.461 e. The van der Waals surface area contributed by atoms with E-state index >= 15 is 0 Å². The van der Waals surface area contributed by atoms with Crippen LogP contribution in [0.15, 0.2) is 41.0 Å². The first-order valence-electron chi connectivity index (χ1n) is 6.73. The first-order valence-corrected chi connectivity index (χ1v) is 6.73. The summed E-state index contributed by atoms with van der Waals surface area (Å²) in [5.74, 6) is -2.75. The summed E-state index contributed by atoms with van der Waals surface area (Å²) in [5, 5.41) is 2.71. The number of alkyl halides is 3. The number of fused-ring (bicyclic) bond motifs is 1. The highest BCUT2D eigenvalue weighted by atomic mass is 19.4. The summed E-state index contributed by atoms with van der Waals surface area (Å²) in [4.78, 5) is 27.2. The first-order chi connectivity index (χ1) is 10.8. The van der Waals surface area contributed by atoms with Crippen molar-refractivity contribution in [3.05, 3.63) is 36.0 Å². The summed E-state index contributed by atoms with van der Waals surface area (Å²) in [6.07, 6.45) is -4.83. The number of hydrogen-bond donors (Lipinski definition) is 1. The van der Waals surface area contributed by atoms with Crippen molar-refractivity contribution in [2.75, 3.05) is 11.9 Å². The summed E-state index contributed by atoms with van der Waals surface area (Å²) < 4.78 is 42.1. The quantitative estimate of drug-likeness (QED) is 0.684. The summed E-state index contributed by atoms with van der Waals surface area (Å²) in [6, 6.07) is 6.50. The van der Waals surface area contributed by atoms with E-state index in [-0.39, 0.29) is 24.4 Å². The number of benzene rings is 1. The van der Waals surface area contributed by atoms with Crippen LogP contribution in [0.5, 0.6) is 0 Å². The molecule has 0 aliphatic carbocycles. The van der Waals surface area contributed by atoms with Gasteiger partial charge in [0, 0.05) is 18.2 Å². The number of ether oxygens (including phenoxy) is 1. The van der Waals surface area contributed by atoms with Gasteiger partial charge in [0.2, 0.25) is 0 Å². The van der Waals surface area contributed by atoms with Gasteiger partial charge in [-0.05, 0) is 19.1 Å². The second-order valence-corrected chi connectivity index (χ2v) is 4.63. The molecule has 0 spiro atoms. The molecular weight excluding hydrogens is 313 g/mol. The third-order valence-electron chi connectivity index (χ3n) is 2.91. The van der Waals surface area contributed by atoms with Crippen LogP contribution in [-0.2, 0) is 14.3 Å². The van der Waals surface area contributed by atoms with Crippen molar-refractivity contribution in [3.8, 4) is 0 Å². The van der Waals surface area contributed by atoms with Crippen LogP contribution in [0.1, 0.15) is 13.3 Å². The van der Waals surface area contributed by atoms with Crippen LogP contribution >= 0.6 is 0 Å². The van der Waals surface area contributed by atoms with E-state index in [1.54, 1.807) is 31.2 Å². The molecule has 1 aliphatic rings. The van der Waals surface area contributed by atoms with Gasteiger partial charge in [0.15, 0.2) is 0 Å². The molecule has 8 heteroatoms. The molecule has 23 heavy (non-hydrogen) atoms. The maximum absolute atomic E-state index is 12.4. The zero-order valence-corrected chi connectivity index (χ0v) is 12.1. The predicted molar refractivity (Wildman–Crippen MR) is 77.6 cm³/mol. The second-order valence-electron chi connectivity index (χ2n) is 4.63. The van der Waals surface area contributed by atoms with Crippen LogP contribution in [0.4, 0.5) is 24.5 Å². The van der Waals surface area contributed by atoms with E-state index in [9.17, 15) is 22.8 Å². The molecule has 0 saturated carbocycles. The predicted octanol–water partition coefficient (Wildman–Crippen LogP) is 3.15. The fourth-order valence-corrected chi connectivity index (χ4v) is 1.92. The Bertz CT molecular complexity index is 693. The molecule has 0 unspecified atom stereocenters. The Morgan fingerprint density at radius 2 is 2.04 bits per heavy atom. The van der Waals surface area contributed by atoms with Crippen molar-refractivity contribution in [2.45, 2.75) is 19.5 Å². The minimum absolute atomic E-state index is 0.0782. The number of carbonyl (C=O) groups is 2. The fourth-order valence-electron chi connectivity index (χ4n) is 1.92. The zero-order chi connectivity index (χ0) is 17.0. The zero-order valence-electron chi connectivity index (χ0n) is 12.1. The highest BCUT2D eigenvalue weighted by Gasteiger charge is 2.37. The Morgan fingerprint density at radius 3 is 2.70 bits per heavy atom. The summed E-state index contributed by atoms with van der Waals surface area (Å²) >= 11 is 0. The van der Waals surface area contributed by atoms with Crippen molar-refractivity contribution in [1.29, 1.82) is 0 Å². The van der Waals surface area contributed by atoms with Crippen molar-refractivity contribution >= 4 is 28.8 Å². The van der Waals surface area contributed by atoms with Gasteiger partial charge in [-0.15, -0.1) is 0 Å². The number of para-hydroxylation sites is 2. The van der Waals surface area contributed by atoms with E-state index in [2.05, 4.69) is 10.3 Å². The fraction of sp³-hybridized carbons (Fsp3) is 0.267. The SMILES string of the molecule is CCOC(=O)C1=Nc2ccccc2NC(=CC(=O)C(F)(F)F)C1. The molecule has 122 valence electrons. The highest BCUT2D eigenvalue weighted by Crippen LogP contribution is 2.30. The monoisotopic (exact) mass is 326 g/mol. The molecule has 0 bridgehead atoms. The molecular formula is C15H13F3N2O3. The summed E-state index contributed by atoms with van der Waals surface area (Å²) in [5.41, 5.74) is 0.612. The number of anilines is 1. The molecule has 0 saturated heterocycles. The number of allylic oxidation sites excluding steroid dienone is 2. The lowest BCUT2D eigenvalue weighted by Crippen LogP contribution is -2.23. The number of esters is 1. The number of halogens is 3. The van der Waals surface area contributed by atoms with Crippen molar-refractivity contribution in [2.24, 2.45) is 4.99 Å². The molecule has 0 aromatic heterocycles. The van der Waals surface area contributed by atoms with Gasteiger partial charge in [-0.3, -0.25) is 4.79 Å². The standard InChI is InChI=1S/C15H13F3N2O3/c1-2-23-14(22)12-7-9(8-13(21)15(16,17)18)19-10-5-3-4-6-11(10)20-12/h3-6,8,19H,2,7H2,1H3. The van der Waals surface area contributed by atoms with E-state index in [0.717, 1.165) is 0 Å². The molecule has 1 heterocycles.